The Kier molecular flexibility index (Phi) is 2.41. The van der Waals surface area contributed by atoms with Gasteiger partial charge in [0.15, 0.2) is 0 Å². The van der Waals surface area contributed by atoms with E-state index >= 15 is 0 Å². The topological polar surface area (TPSA) is 63.1 Å². The number of hydrogen-bond donors (Lipinski definition) is 1. The van der Waals surface area contributed by atoms with E-state index in [1.165, 1.54) is 0 Å². The van der Waals surface area contributed by atoms with Crippen molar-refractivity contribution in [3.05, 3.63) is 23.5 Å². The van der Waals surface area contributed by atoms with Crippen LogP contribution < -0.4 is 0 Å². The van der Waals surface area contributed by atoms with Crippen molar-refractivity contribution >= 4 is 27.5 Å². The van der Waals surface area contributed by atoms with Gasteiger partial charge in [-0.2, -0.15) is 0 Å². The molecule has 0 aliphatic rings. The first-order valence-electron chi connectivity index (χ1n) is 4.16. The van der Waals surface area contributed by atoms with Gasteiger partial charge in [0.25, 0.3) is 0 Å². The van der Waals surface area contributed by atoms with E-state index in [-0.39, 0.29) is 6.42 Å². The van der Waals surface area contributed by atoms with Crippen molar-refractivity contribution in [3.8, 4) is 0 Å². The number of aryl methyl sites for hydroxylation is 1. The van der Waals surface area contributed by atoms with Gasteiger partial charge in [0.05, 0.1) is 16.6 Å². The molecule has 0 unspecified atom stereocenters. The standard InChI is InChI=1S/C9H8N2O2S/c12-9(13)2-1-8-10-5-7-6(11-8)3-4-14-7/h3-5H,1-2H2,(H,12,13). The fraction of sp³-hybridized carbons (Fsp3) is 0.222. The van der Waals surface area contributed by atoms with E-state index in [2.05, 4.69) is 9.97 Å². The van der Waals surface area contributed by atoms with E-state index in [1.54, 1.807) is 17.5 Å². The lowest BCUT2D eigenvalue weighted by atomic mass is 10.3. The second kappa shape index (κ2) is 3.71. The van der Waals surface area contributed by atoms with Gasteiger partial charge in [-0.1, -0.05) is 0 Å². The predicted octanol–water partition coefficient (Wildman–Crippen LogP) is 1.71. The molecule has 0 saturated carbocycles. The van der Waals surface area contributed by atoms with Gasteiger partial charge in [0, 0.05) is 12.6 Å². The maximum atomic E-state index is 10.3. The molecular weight excluding hydrogens is 200 g/mol. The zero-order valence-electron chi connectivity index (χ0n) is 7.30. The average molecular weight is 208 g/mol. The number of aliphatic carboxylic acids is 1. The van der Waals surface area contributed by atoms with Crippen LogP contribution in [0.2, 0.25) is 0 Å². The first-order chi connectivity index (χ1) is 6.75. The molecule has 2 aromatic heterocycles. The van der Waals surface area contributed by atoms with Crippen LogP contribution in [0.25, 0.3) is 10.2 Å². The molecule has 0 fully saturated rings. The van der Waals surface area contributed by atoms with Crippen LogP contribution in [-0.2, 0) is 11.2 Å². The molecule has 0 spiro atoms. The molecule has 0 aromatic carbocycles. The first-order valence-corrected chi connectivity index (χ1v) is 5.04. The molecule has 14 heavy (non-hydrogen) atoms. The molecule has 2 aromatic rings. The van der Waals surface area contributed by atoms with Crippen molar-refractivity contribution in [2.75, 3.05) is 0 Å². The van der Waals surface area contributed by atoms with E-state index in [4.69, 9.17) is 5.11 Å². The fourth-order valence-corrected chi connectivity index (χ4v) is 1.83. The Morgan fingerprint density at radius 2 is 2.43 bits per heavy atom. The Bertz CT molecular complexity index is 467. The Morgan fingerprint density at radius 1 is 1.57 bits per heavy atom. The van der Waals surface area contributed by atoms with Gasteiger partial charge < -0.3 is 5.11 Å². The largest absolute Gasteiger partial charge is 0.481 e. The van der Waals surface area contributed by atoms with Gasteiger partial charge in [-0.15, -0.1) is 11.3 Å². The lowest BCUT2D eigenvalue weighted by Crippen LogP contribution is -2.00. The van der Waals surface area contributed by atoms with E-state index < -0.39 is 5.97 Å². The Labute approximate surface area is 84.2 Å². The summed E-state index contributed by atoms with van der Waals surface area (Å²) >= 11 is 1.58. The molecule has 2 rings (SSSR count). The van der Waals surface area contributed by atoms with Gasteiger partial charge in [-0.3, -0.25) is 4.79 Å². The van der Waals surface area contributed by atoms with Crippen molar-refractivity contribution in [1.29, 1.82) is 0 Å². The summed E-state index contributed by atoms with van der Waals surface area (Å²) in [4.78, 5) is 18.7. The highest BCUT2D eigenvalue weighted by Gasteiger charge is 2.03. The molecule has 0 aliphatic carbocycles. The molecule has 0 radical (unpaired) electrons. The summed E-state index contributed by atoms with van der Waals surface area (Å²) < 4.78 is 1.03. The second-order valence-electron chi connectivity index (χ2n) is 2.85. The van der Waals surface area contributed by atoms with E-state index in [1.807, 2.05) is 11.4 Å². The molecule has 1 N–H and O–H groups in total. The third-order valence-corrected chi connectivity index (χ3v) is 2.66. The van der Waals surface area contributed by atoms with Crippen LogP contribution in [0.15, 0.2) is 17.6 Å². The number of aromatic nitrogens is 2. The normalized spacial score (nSPS) is 10.6. The van der Waals surface area contributed by atoms with E-state index in [0.29, 0.717) is 12.2 Å². The number of nitrogens with zero attached hydrogens (tertiary/aromatic N) is 2. The van der Waals surface area contributed by atoms with Crippen LogP contribution in [0, 0.1) is 0 Å². The highest BCUT2D eigenvalue weighted by atomic mass is 32.1. The van der Waals surface area contributed by atoms with Gasteiger partial charge >= 0.3 is 5.97 Å². The Balaban J connectivity index is 2.21. The van der Waals surface area contributed by atoms with Crippen molar-refractivity contribution < 1.29 is 9.90 Å². The number of carboxylic acids is 1. The quantitative estimate of drug-likeness (QED) is 0.834. The monoisotopic (exact) mass is 208 g/mol. The van der Waals surface area contributed by atoms with E-state index in [9.17, 15) is 4.79 Å². The summed E-state index contributed by atoms with van der Waals surface area (Å²) in [5, 5.41) is 10.4. The number of carbonyl (C=O) groups is 1. The lowest BCUT2D eigenvalue weighted by Gasteiger charge is -1.96. The average Bonchev–Trinajstić information content (AvgIpc) is 2.61. The van der Waals surface area contributed by atoms with Crippen molar-refractivity contribution in [1.82, 2.24) is 9.97 Å². The van der Waals surface area contributed by atoms with Crippen LogP contribution in [-0.4, -0.2) is 21.0 Å². The molecule has 72 valence electrons. The molecule has 0 bridgehead atoms. The number of thiophene rings is 1. The Hall–Kier alpha value is -1.49. The van der Waals surface area contributed by atoms with Crippen LogP contribution in [0.3, 0.4) is 0 Å². The second-order valence-corrected chi connectivity index (χ2v) is 3.80. The molecule has 0 saturated heterocycles. The van der Waals surface area contributed by atoms with Gasteiger partial charge in [0.1, 0.15) is 5.82 Å². The smallest absolute Gasteiger partial charge is 0.303 e. The maximum Gasteiger partial charge on any atom is 0.303 e. The molecule has 4 nitrogen and oxygen atoms in total. The summed E-state index contributed by atoms with van der Waals surface area (Å²) in [5.74, 6) is -0.225. The fourth-order valence-electron chi connectivity index (χ4n) is 1.14. The van der Waals surface area contributed by atoms with Crippen LogP contribution in [0.1, 0.15) is 12.2 Å². The summed E-state index contributed by atoms with van der Waals surface area (Å²) in [6, 6.07) is 1.91. The predicted molar refractivity (Wildman–Crippen MR) is 53.4 cm³/mol. The van der Waals surface area contributed by atoms with Crippen molar-refractivity contribution in [2.24, 2.45) is 0 Å². The zero-order valence-corrected chi connectivity index (χ0v) is 8.12. The third-order valence-electron chi connectivity index (χ3n) is 1.82. The minimum atomic E-state index is -0.820. The SMILES string of the molecule is O=C(O)CCc1ncc2sccc2n1. The summed E-state index contributed by atoms with van der Waals surface area (Å²) in [5.41, 5.74) is 0.894. The molecule has 0 amide bonds. The molecule has 0 atom stereocenters. The van der Waals surface area contributed by atoms with Crippen molar-refractivity contribution in [3.63, 3.8) is 0 Å². The highest BCUT2D eigenvalue weighted by Crippen LogP contribution is 2.17. The van der Waals surface area contributed by atoms with Gasteiger partial charge in [-0.05, 0) is 11.4 Å². The lowest BCUT2D eigenvalue weighted by molar-refractivity contribution is -0.137. The maximum absolute atomic E-state index is 10.3. The summed E-state index contributed by atoms with van der Waals surface area (Å²) in [6.45, 7) is 0. The molecular formula is C9H8N2O2S. The molecule has 0 aliphatic heterocycles. The van der Waals surface area contributed by atoms with Gasteiger partial charge in [-0.25, -0.2) is 9.97 Å². The number of carboxylic acid groups (broad SMARTS) is 1. The molecule has 2 heterocycles. The first kappa shape index (κ1) is 9.08. The van der Waals surface area contributed by atoms with Crippen LogP contribution in [0.5, 0.6) is 0 Å². The number of fused-ring (bicyclic) bond motifs is 1. The van der Waals surface area contributed by atoms with Gasteiger partial charge in [0.2, 0.25) is 0 Å². The van der Waals surface area contributed by atoms with Crippen LogP contribution in [0.4, 0.5) is 0 Å². The van der Waals surface area contributed by atoms with Crippen LogP contribution >= 0.6 is 11.3 Å². The zero-order chi connectivity index (χ0) is 9.97. The van der Waals surface area contributed by atoms with E-state index in [0.717, 1.165) is 10.2 Å². The number of hydrogen-bond acceptors (Lipinski definition) is 4. The third kappa shape index (κ3) is 1.88. The Morgan fingerprint density at radius 3 is 3.21 bits per heavy atom. The highest BCUT2D eigenvalue weighted by molar-refractivity contribution is 7.17. The van der Waals surface area contributed by atoms with Crippen molar-refractivity contribution in [2.45, 2.75) is 12.8 Å². The minimum Gasteiger partial charge on any atom is -0.481 e. The summed E-state index contributed by atoms with van der Waals surface area (Å²) in [7, 11) is 0. The summed E-state index contributed by atoms with van der Waals surface area (Å²) in [6.07, 6.45) is 2.21. The minimum absolute atomic E-state index is 0.0790. The molecule has 5 heteroatoms. The number of rotatable bonds is 3.